The van der Waals surface area contributed by atoms with Crippen LogP contribution in [0.3, 0.4) is 0 Å². The van der Waals surface area contributed by atoms with E-state index in [9.17, 15) is 22.8 Å². The maximum atomic E-state index is 12.1. The molecule has 0 bridgehead atoms. The molecule has 0 aliphatic rings. The number of rotatable bonds is 4. The Kier molecular flexibility index (Phi) is 4.13. The SMILES string of the molecule is O=C(O)C(/N=N/c1ccccc1)C(=O)C(F)(F)F. The molecule has 0 saturated carbocycles. The van der Waals surface area contributed by atoms with Crippen molar-refractivity contribution in [1.29, 1.82) is 0 Å². The summed E-state index contributed by atoms with van der Waals surface area (Å²) in [6, 6.07) is 4.94. The number of nitrogens with zero attached hydrogens (tertiary/aromatic N) is 2. The van der Waals surface area contributed by atoms with E-state index in [-0.39, 0.29) is 5.69 Å². The molecule has 0 spiro atoms. The van der Waals surface area contributed by atoms with E-state index in [4.69, 9.17) is 5.11 Å². The van der Waals surface area contributed by atoms with Crippen molar-refractivity contribution in [2.45, 2.75) is 12.2 Å². The van der Waals surface area contributed by atoms with Gasteiger partial charge in [-0.1, -0.05) is 18.2 Å². The van der Waals surface area contributed by atoms with E-state index < -0.39 is 24.0 Å². The molecular formula is C10H7F3N2O3. The lowest BCUT2D eigenvalue weighted by molar-refractivity contribution is -0.175. The topological polar surface area (TPSA) is 79.1 Å². The first-order chi connectivity index (χ1) is 8.32. The van der Waals surface area contributed by atoms with Crippen molar-refractivity contribution in [3.63, 3.8) is 0 Å². The Labute approximate surface area is 99.0 Å². The predicted octanol–water partition coefficient (Wildman–Crippen LogP) is 2.35. The monoisotopic (exact) mass is 260 g/mol. The first-order valence-electron chi connectivity index (χ1n) is 4.62. The van der Waals surface area contributed by atoms with Crippen LogP contribution in [0.1, 0.15) is 0 Å². The number of halogens is 3. The lowest BCUT2D eigenvalue weighted by Gasteiger charge is -2.07. The highest BCUT2D eigenvalue weighted by molar-refractivity contribution is 6.05. The standard InChI is InChI=1S/C10H7F3N2O3/c11-10(12,13)8(16)7(9(17)18)15-14-6-4-2-1-3-5-6/h1-5,7H,(H,17,18)/b15-14+. The van der Waals surface area contributed by atoms with Crippen molar-refractivity contribution in [2.75, 3.05) is 0 Å². The molecule has 0 saturated heterocycles. The quantitative estimate of drug-likeness (QED) is 0.666. The number of carboxylic acids is 1. The van der Waals surface area contributed by atoms with Gasteiger partial charge in [0.05, 0.1) is 5.69 Å². The summed E-state index contributed by atoms with van der Waals surface area (Å²) < 4.78 is 36.2. The van der Waals surface area contributed by atoms with Gasteiger partial charge in [0.2, 0.25) is 6.04 Å². The molecule has 18 heavy (non-hydrogen) atoms. The Bertz CT molecular complexity index is 471. The number of carboxylic acid groups (broad SMARTS) is 1. The number of azo groups is 1. The molecule has 1 rings (SSSR count). The Morgan fingerprint density at radius 3 is 2.17 bits per heavy atom. The number of Topliss-reactive ketones (excluding diaryl/α,β-unsaturated/α-hetero) is 1. The van der Waals surface area contributed by atoms with Gasteiger partial charge in [0, 0.05) is 0 Å². The van der Waals surface area contributed by atoms with E-state index in [1.54, 1.807) is 6.07 Å². The molecule has 0 fully saturated rings. The van der Waals surface area contributed by atoms with Crippen molar-refractivity contribution in [2.24, 2.45) is 10.2 Å². The van der Waals surface area contributed by atoms with E-state index in [0.29, 0.717) is 0 Å². The number of ketones is 1. The van der Waals surface area contributed by atoms with Crippen molar-refractivity contribution in [3.8, 4) is 0 Å². The summed E-state index contributed by atoms with van der Waals surface area (Å²) in [4.78, 5) is 21.3. The van der Waals surface area contributed by atoms with Crippen LogP contribution in [-0.2, 0) is 9.59 Å². The van der Waals surface area contributed by atoms with Gasteiger partial charge >= 0.3 is 12.1 Å². The van der Waals surface area contributed by atoms with Crippen LogP contribution in [0.4, 0.5) is 18.9 Å². The summed E-state index contributed by atoms with van der Waals surface area (Å²) in [7, 11) is 0. The second-order valence-electron chi connectivity index (χ2n) is 3.15. The molecule has 0 aromatic heterocycles. The zero-order chi connectivity index (χ0) is 13.8. The largest absolute Gasteiger partial charge is 0.479 e. The lowest BCUT2D eigenvalue weighted by atomic mass is 10.2. The molecule has 0 amide bonds. The molecule has 96 valence electrons. The van der Waals surface area contributed by atoms with E-state index in [2.05, 4.69) is 10.2 Å². The average molecular weight is 260 g/mol. The van der Waals surface area contributed by atoms with E-state index >= 15 is 0 Å². The maximum Gasteiger partial charge on any atom is 0.453 e. The lowest BCUT2D eigenvalue weighted by Crippen LogP contribution is -2.38. The third-order valence-electron chi connectivity index (χ3n) is 1.81. The summed E-state index contributed by atoms with van der Waals surface area (Å²) in [5.41, 5.74) is 0.152. The second kappa shape index (κ2) is 5.39. The summed E-state index contributed by atoms with van der Waals surface area (Å²) in [6.07, 6.45) is -5.27. The Hall–Kier alpha value is -2.25. The Balaban J connectivity index is 2.92. The first-order valence-corrected chi connectivity index (χ1v) is 4.62. The van der Waals surface area contributed by atoms with Gasteiger partial charge in [-0.2, -0.15) is 23.4 Å². The molecule has 1 unspecified atom stereocenters. The number of benzene rings is 1. The van der Waals surface area contributed by atoms with Crippen LogP contribution in [0.2, 0.25) is 0 Å². The molecule has 0 radical (unpaired) electrons. The van der Waals surface area contributed by atoms with E-state index in [0.717, 1.165) is 0 Å². The number of hydrogen-bond donors (Lipinski definition) is 1. The number of aliphatic carboxylic acids is 1. The van der Waals surface area contributed by atoms with Crippen molar-refractivity contribution < 1.29 is 27.9 Å². The van der Waals surface area contributed by atoms with Crippen molar-refractivity contribution >= 4 is 17.4 Å². The zero-order valence-corrected chi connectivity index (χ0v) is 8.76. The van der Waals surface area contributed by atoms with E-state index in [1.165, 1.54) is 24.3 Å². The highest BCUT2D eigenvalue weighted by Crippen LogP contribution is 2.21. The highest BCUT2D eigenvalue weighted by Gasteiger charge is 2.47. The molecule has 1 aromatic carbocycles. The maximum absolute atomic E-state index is 12.1. The summed E-state index contributed by atoms with van der Waals surface area (Å²) >= 11 is 0. The zero-order valence-electron chi connectivity index (χ0n) is 8.76. The van der Waals surface area contributed by atoms with Crippen LogP contribution in [0.15, 0.2) is 40.6 Å². The highest BCUT2D eigenvalue weighted by atomic mass is 19.4. The van der Waals surface area contributed by atoms with Crippen LogP contribution in [0.25, 0.3) is 0 Å². The van der Waals surface area contributed by atoms with Crippen LogP contribution in [0, 0.1) is 0 Å². The van der Waals surface area contributed by atoms with Crippen LogP contribution < -0.4 is 0 Å². The Morgan fingerprint density at radius 1 is 1.17 bits per heavy atom. The van der Waals surface area contributed by atoms with Crippen LogP contribution in [0.5, 0.6) is 0 Å². The minimum Gasteiger partial charge on any atom is -0.479 e. The van der Waals surface area contributed by atoms with Gasteiger partial charge in [-0.25, -0.2) is 4.79 Å². The predicted molar refractivity (Wildman–Crippen MR) is 53.4 cm³/mol. The smallest absolute Gasteiger partial charge is 0.453 e. The van der Waals surface area contributed by atoms with Gasteiger partial charge in [0.25, 0.3) is 5.78 Å². The van der Waals surface area contributed by atoms with Gasteiger partial charge in [-0.15, -0.1) is 0 Å². The normalized spacial score (nSPS) is 13.5. The first kappa shape index (κ1) is 13.8. The molecule has 5 nitrogen and oxygen atoms in total. The molecule has 8 heteroatoms. The number of alkyl halides is 3. The molecule has 0 aliphatic carbocycles. The molecule has 1 atom stereocenters. The Morgan fingerprint density at radius 2 is 1.72 bits per heavy atom. The van der Waals surface area contributed by atoms with E-state index in [1.807, 2.05) is 0 Å². The summed E-state index contributed by atoms with van der Waals surface area (Å²) in [5.74, 6) is -4.47. The third kappa shape index (κ3) is 3.65. The fourth-order valence-electron chi connectivity index (χ4n) is 0.988. The third-order valence-corrected chi connectivity index (χ3v) is 1.81. The molecule has 0 heterocycles. The fourth-order valence-corrected chi connectivity index (χ4v) is 0.988. The molecular weight excluding hydrogens is 253 g/mol. The summed E-state index contributed by atoms with van der Waals surface area (Å²) in [5, 5.41) is 14.7. The minimum atomic E-state index is -5.27. The van der Waals surface area contributed by atoms with Gasteiger partial charge in [-0.05, 0) is 12.1 Å². The molecule has 1 N–H and O–H groups in total. The van der Waals surface area contributed by atoms with Gasteiger partial charge < -0.3 is 5.11 Å². The van der Waals surface area contributed by atoms with Crippen LogP contribution in [-0.4, -0.2) is 29.1 Å². The molecule has 0 aliphatic heterocycles. The average Bonchev–Trinajstić information content (AvgIpc) is 2.28. The van der Waals surface area contributed by atoms with Gasteiger partial charge in [-0.3, -0.25) is 4.79 Å². The van der Waals surface area contributed by atoms with Gasteiger partial charge in [0.15, 0.2) is 0 Å². The number of carbonyl (C=O) groups is 2. The molecule has 1 aromatic rings. The minimum absolute atomic E-state index is 0.152. The van der Waals surface area contributed by atoms with Crippen LogP contribution >= 0.6 is 0 Å². The van der Waals surface area contributed by atoms with Crippen molar-refractivity contribution in [1.82, 2.24) is 0 Å². The number of carbonyl (C=O) groups excluding carboxylic acids is 1. The van der Waals surface area contributed by atoms with Gasteiger partial charge in [0.1, 0.15) is 0 Å². The van der Waals surface area contributed by atoms with Crippen molar-refractivity contribution in [3.05, 3.63) is 30.3 Å². The summed E-state index contributed by atoms with van der Waals surface area (Å²) in [6.45, 7) is 0. The fraction of sp³-hybridized carbons (Fsp3) is 0.200. The second-order valence-corrected chi connectivity index (χ2v) is 3.15. The number of hydrogen-bond acceptors (Lipinski definition) is 4.